The van der Waals surface area contributed by atoms with Gasteiger partial charge in [-0.05, 0) is 0 Å². The van der Waals surface area contributed by atoms with E-state index in [4.69, 9.17) is 5.73 Å². The van der Waals surface area contributed by atoms with Crippen molar-refractivity contribution in [1.82, 2.24) is 0 Å². The molecule has 2 heteroatoms. The van der Waals surface area contributed by atoms with Gasteiger partial charge in [0.15, 0.2) is 0 Å². The Bertz CT molecular complexity index is 99.1. The number of hydrogen-bond donors (Lipinski definition) is 1. The predicted molar refractivity (Wildman–Crippen MR) is 37.9 cm³/mol. The SMILES string of the molecule is C=CC(N)C(C)(C)CF. The van der Waals surface area contributed by atoms with Crippen LogP contribution in [0.3, 0.4) is 0 Å². The quantitative estimate of drug-likeness (QED) is 0.577. The van der Waals surface area contributed by atoms with Crippen molar-refractivity contribution in [3.05, 3.63) is 12.7 Å². The Labute approximate surface area is 55.7 Å². The third-order valence-electron chi connectivity index (χ3n) is 1.50. The normalized spacial score (nSPS) is 15.1. The van der Waals surface area contributed by atoms with Gasteiger partial charge in [-0.3, -0.25) is 4.39 Å². The number of hydrogen-bond acceptors (Lipinski definition) is 1. The van der Waals surface area contributed by atoms with Gasteiger partial charge in [-0.15, -0.1) is 6.58 Å². The van der Waals surface area contributed by atoms with Gasteiger partial charge in [0.2, 0.25) is 0 Å². The van der Waals surface area contributed by atoms with Gasteiger partial charge in [-0.25, -0.2) is 0 Å². The van der Waals surface area contributed by atoms with Gasteiger partial charge in [0.25, 0.3) is 0 Å². The van der Waals surface area contributed by atoms with Crippen molar-refractivity contribution in [1.29, 1.82) is 0 Å². The predicted octanol–water partition coefficient (Wildman–Crippen LogP) is 1.50. The molecule has 0 bridgehead atoms. The van der Waals surface area contributed by atoms with E-state index in [0.29, 0.717) is 0 Å². The lowest BCUT2D eigenvalue weighted by Crippen LogP contribution is -2.36. The lowest BCUT2D eigenvalue weighted by atomic mass is 9.87. The number of nitrogens with two attached hydrogens (primary N) is 1. The van der Waals surface area contributed by atoms with Gasteiger partial charge in [-0.2, -0.15) is 0 Å². The van der Waals surface area contributed by atoms with Crippen molar-refractivity contribution in [3.63, 3.8) is 0 Å². The molecule has 1 nitrogen and oxygen atoms in total. The van der Waals surface area contributed by atoms with Gasteiger partial charge in [0.05, 0.1) is 6.67 Å². The van der Waals surface area contributed by atoms with E-state index in [1.807, 2.05) is 0 Å². The number of halogens is 1. The molecule has 0 amide bonds. The highest BCUT2D eigenvalue weighted by molar-refractivity contribution is 4.93. The molecule has 0 saturated heterocycles. The zero-order valence-electron chi connectivity index (χ0n) is 6.02. The van der Waals surface area contributed by atoms with Crippen molar-refractivity contribution in [3.8, 4) is 0 Å². The Morgan fingerprint density at radius 3 is 2.33 bits per heavy atom. The van der Waals surface area contributed by atoms with Gasteiger partial charge in [0, 0.05) is 11.5 Å². The first-order valence-corrected chi connectivity index (χ1v) is 2.98. The van der Waals surface area contributed by atoms with Crippen LogP contribution in [0.25, 0.3) is 0 Å². The van der Waals surface area contributed by atoms with E-state index < -0.39 is 12.1 Å². The number of rotatable bonds is 3. The maximum Gasteiger partial charge on any atom is 0.0963 e. The van der Waals surface area contributed by atoms with Crippen LogP contribution in [0.15, 0.2) is 12.7 Å². The monoisotopic (exact) mass is 131 g/mol. The van der Waals surface area contributed by atoms with E-state index in [2.05, 4.69) is 6.58 Å². The van der Waals surface area contributed by atoms with Gasteiger partial charge in [-0.1, -0.05) is 19.9 Å². The van der Waals surface area contributed by atoms with Gasteiger partial charge in [0.1, 0.15) is 0 Å². The van der Waals surface area contributed by atoms with Crippen molar-refractivity contribution in [2.24, 2.45) is 11.1 Å². The zero-order valence-corrected chi connectivity index (χ0v) is 6.02. The van der Waals surface area contributed by atoms with E-state index in [1.54, 1.807) is 19.9 Å². The fourth-order valence-corrected chi connectivity index (χ4v) is 0.408. The van der Waals surface area contributed by atoms with Gasteiger partial charge < -0.3 is 5.73 Å². The summed E-state index contributed by atoms with van der Waals surface area (Å²) in [6.07, 6.45) is 1.57. The molecule has 0 aromatic carbocycles. The summed E-state index contributed by atoms with van der Waals surface area (Å²) in [5, 5.41) is 0. The van der Waals surface area contributed by atoms with Crippen LogP contribution < -0.4 is 5.73 Å². The highest BCUT2D eigenvalue weighted by Crippen LogP contribution is 2.19. The Morgan fingerprint density at radius 1 is 1.78 bits per heavy atom. The van der Waals surface area contributed by atoms with Crippen LogP contribution in [0.5, 0.6) is 0 Å². The Kier molecular flexibility index (Phi) is 2.85. The smallest absolute Gasteiger partial charge is 0.0963 e. The maximum absolute atomic E-state index is 12.1. The molecule has 0 spiro atoms. The molecule has 0 aromatic rings. The standard InChI is InChI=1S/C7H14FN/c1-4-6(9)7(2,3)5-8/h4,6H,1,5,9H2,2-3H3. The summed E-state index contributed by atoms with van der Waals surface area (Å²) in [6.45, 7) is 6.63. The van der Waals surface area contributed by atoms with Crippen molar-refractivity contribution >= 4 is 0 Å². The molecule has 54 valence electrons. The fraction of sp³-hybridized carbons (Fsp3) is 0.714. The van der Waals surface area contributed by atoms with Crippen molar-refractivity contribution in [2.45, 2.75) is 19.9 Å². The summed E-state index contributed by atoms with van der Waals surface area (Å²) in [6, 6.07) is -0.248. The topological polar surface area (TPSA) is 26.0 Å². The Morgan fingerprint density at radius 2 is 2.22 bits per heavy atom. The summed E-state index contributed by atoms with van der Waals surface area (Å²) < 4.78 is 12.1. The Hall–Kier alpha value is -0.370. The molecule has 1 atom stereocenters. The maximum atomic E-state index is 12.1. The summed E-state index contributed by atoms with van der Waals surface area (Å²) in [4.78, 5) is 0. The van der Waals surface area contributed by atoms with Crippen LogP contribution >= 0.6 is 0 Å². The minimum atomic E-state index is -0.457. The molecule has 0 aliphatic heterocycles. The van der Waals surface area contributed by atoms with Crippen LogP contribution in [-0.4, -0.2) is 12.7 Å². The lowest BCUT2D eigenvalue weighted by Gasteiger charge is -2.25. The average Bonchev–Trinajstić information content (AvgIpc) is 1.86. The number of alkyl halides is 1. The highest BCUT2D eigenvalue weighted by Gasteiger charge is 2.23. The van der Waals surface area contributed by atoms with Crippen LogP contribution in [0.1, 0.15) is 13.8 Å². The molecule has 0 aromatic heterocycles. The first-order chi connectivity index (χ1) is 4.04. The largest absolute Gasteiger partial charge is 0.324 e. The molecule has 0 aliphatic carbocycles. The van der Waals surface area contributed by atoms with E-state index >= 15 is 0 Å². The molecular weight excluding hydrogens is 117 g/mol. The Balaban J connectivity index is 3.95. The molecule has 2 N–H and O–H groups in total. The van der Waals surface area contributed by atoms with E-state index in [-0.39, 0.29) is 6.04 Å². The minimum absolute atomic E-state index is 0.248. The first-order valence-electron chi connectivity index (χ1n) is 2.98. The minimum Gasteiger partial charge on any atom is -0.324 e. The second-order valence-electron chi connectivity index (χ2n) is 2.88. The molecule has 0 rings (SSSR count). The van der Waals surface area contributed by atoms with Crippen molar-refractivity contribution in [2.75, 3.05) is 6.67 Å². The van der Waals surface area contributed by atoms with Crippen LogP contribution in [0.2, 0.25) is 0 Å². The second-order valence-corrected chi connectivity index (χ2v) is 2.88. The third kappa shape index (κ3) is 2.14. The summed E-state index contributed by atoms with van der Waals surface area (Å²) in [5.74, 6) is 0. The molecule has 9 heavy (non-hydrogen) atoms. The molecule has 0 radical (unpaired) electrons. The van der Waals surface area contributed by atoms with E-state index in [1.165, 1.54) is 0 Å². The average molecular weight is 131 g/mol. The molecule has 0 saturated carbocycles. The molecule has 0 heterocycles. The molecular formula is C7H14FN. The summed E-state index contributed by atoms with van der Waals surface area (Å²) in [5.41, 5.74) is 5.05. The molecule has 0 aliphatic rings. The zero-order chi connectivity index (χ0) is 7.49. The van der Waals surface area contributed by atoms with Crippen LogP contribution in [-0.2, 0) is 0 Å². The highest BCUT2D eigenvalue weighted by atomic mass is 19.1. The van der Waals surface area contributed by atoms with Gasteiger partial charge >= 0.3 is 0 Å². The fourth-order valence-electron chi connectivity index (χ4n) is 0.408. The molecule has 0 fully saturated rings. The van der Waals surface area contributed by atoms with Crippen LogP contribution in [0.4, 0.5) is 4.39 Å². The summed E-state index contributed by atoms with van der Waals surface area (Å²) in [7, 11) is 0. The van der Waals surface area contributed by atoms with E-state index in [9.17, 15) is 4.39 Å². The van der Waals surface area contributed by atoms with Crippen molar-refractivity contribution < 1.29 is 4.39 Å². The second kappa shape index (κ2) is 2.97. The molecule has 1 unspecified atom stereocenters. The lowest BCUT2D eigenvalue weighted by molar-refractivity contribution is 0.234. The van der Waals surface area contributed by atoms with E-state index in [0.717, 1.165) is 0 Å². The summed E-state index contributed by atoms with van der Waals surface area (Å²) >= 11 is 0. The first kappa shape index (κ1) is 8.63. The van der Waals surface area contributed by atoms with Crippen LogP contribution in [0, 0.1) is 5.41 Å². The third-order valence-corrected chi connectivity index (χ3v) is 1.50.